The number of nitrogens with one attached hydrogen (secondary N) is 1. The van der Waals surface area contributed by atoms with E-state index in [2.05, 4.69) is 9.97 Å². The lowest BCUT2D eigenvalue weighted by molar-refractivity contribution is -0.173. The molecule has 0 radical (unpaired) electrons. The van der Waals surface area contributed by atoms with Gasteiger partial charge in [-0.3, -0.25) is 34.2 Å². The van der Waals surface area contributed by atoms with Crippen molar-refractivity contribution in [2.75, 3.05) is 75.5 Å². The average Bonchev–Trinajstić information content (AvgIpc) is 3.27. The molecule has 0 atom stereocenters. The van der Waals surface area contributed by atoms with Gasteiger partial charge in [-0.05, 0) is 72.8 Å². The van der Waals surface area contributed by atoms with Crippen LogP contribution < -0.4 is 20.9 Å². The monoisotopic (exact) mass is 872 g/mol. The van der Waals surface area contributed by atoms with Crippen molar-refractivity contribution in [1.82, 2.24) is 25.1 Å². The number of carbonyl (C=O) groups excluding carboxylic acids is 5. The summed E-state index contributed by atoms with van der Waals surface area (Å²) < 4.78 is 47.4. The molecule has 3 N–H and O–H groups in total. The van der Waals surface area contributed by atoms with E-state index in [1.54, 1.807) is 75.4 Å². The summed E-state index contributed by atoms with van der Waals surface area (Å²) in [7, 11) is 0. The van der Waals surface area contributed by atoms with Crippen LogP contribution in [0.3, 0.4) is 0 Å². The van der Waals surface area contributed by atoms with Crippen LogP contribution in [0.4, 0.5) is 34.1 Å². The molecule has 318 valence electrons. The number of ether oxygens (including phenoxy) is 2. The quantitative estimate of drug-likeness (QED) is 0.186. The molecule has 4 heterocycles. The molecule has 2 saturated heterocycles. The van der Waals surface area contributed by atoms with Crippen LogP contribution in [0.2, 0.25) is 10.0 Å². The summed E-state index contributed by atoms with van der Waals surface area (Å²) in [5.41, 5.74) is 8.29. The minimum Gasteiger partial charge on any atom is -0.378 e. The van der Waals surface area contributed by atoms with Gasteiger partial charge in [-0.1, -0.05) is 23.2 Å². The Hall–Kier alpha value is -5.66. The maximum absolute atomic E-state index is 13.1. The highest BCUT2D eigenvalue weighted by molar-refractivity contribution is 6.31. The molecular formula is C40H41Cl2F3N8O7. The molecule has 0 aliphatic carbocycles. The van der Waals surface area contributed by atoms with E-state index >= 15 is 0 Å². The van der Waals surface area contributed by atoms with Gasteiger partial charge in [0.2, 0.25) is 0 Å². The fraction of sp³-hybridized carbons (Fsp3) is 0.325. The highest BCUT2D eigenvalue weighted by atomic mass is 35.5. The Bertz CT molecular complexity index is 2080. The van der Waals surface area contributed by atoms with E-state index in [4.69, 9.17) is 38.4 Å². The summed E-state index contributed by atoms with van der Waals surface area (Å²) in [6.45, 7) is 3.34. The molecular weight excluding hydrogens is 832 g/mol. The standard InChI is InChI=1S/C21H20ClF3N4O4.C19H21ClN4O3/c22-15-2-5-17(6-3-15)29(20(32)28-7-9-33-10-8-28)13-16-4-1-14(11-26-16)18(30)12-27-19(31)21(23,24)25;20-15-2-5-17(6-3-15)24(19(26)23-7-9-27-10-8-23)13-16-4-1-14(12-22-16)18(25)11-21/h1-6,11H,7-10,12-13H2,(H,27,31);1-6,12H,7-11,13,21H2. The number of Topliss-reactive ketones (excluding diaryl/α,β-unsaturated/α-hetero) is 2. The van der Waals surface area contributed by atoms with E-state index in [0.29, 0.717) is 85.3 Å². The van der Waals surface area contributed by atoms with Crippen molar-refractivity contribution in [2.24, 2.45) is 5.73 Å². The number of nitrogens with zero attached hydrogens (tertiary/aromatic N) is 6. The third kappa shape index (κ3) is 12.9. The van der Waals surface area contributed by atoms with Crippen molar-refractivity contribution in [2.45, 2.75) is 19.3 Å². The van der Waals surface area contributed by atoms with E-state index in [1.807, 2.05) is 0 Å². The number of carbonyl (C=O) groups is 5. The number of anilines is 2. The number of alkyl halides is 3. The summed E-state index contributed by atoms with van der Waals surface area (Å²) in [5, 5.41) is 2.63. The third-order valence-electron chi connectivity index (χ3n) is 9.09. The van der Waals surface area contributed by atoms with Crippen molar-refractivity contribution in [3.8, 4) is 0 Å². The van der Waals surface area contributed by atoms with Crippen molar-refractivity contribution in [1.29, 1.82) is 0 Å². The number of rotatable bonds is 11. The Morgan fingerprint density at radius 2 is 1.05 bits per heavy atom. The first-order chi connectivity index (χ1) is 28.7. The van der Waals surface area contributed by atoms with Crippen LogP contribution in [0.15, 0.2) is 85.2 Å². The molecule has 0 unspecified atom stereocenters. The number of ketones is 2. The second kappa shape index (κ2) is 21.6. The molecule has 5 amide bonds. The van der Waals surface area contributed by atoms with Crippen LogP contribution in [0, 0.1) is 0 Å². The van der Waals surface area contributed by atoms with Crippen molar-refractivity contribution in [3.05, 3.63) is 118 Å². The number of benzene rings is 2. The van der Waals surface area contributed by atoms with E-state index in [9.17, 15) is 37.1 Å². The number of morpholine rings is 2. The highest BCUT2D eigenvalue weighted by Crippen LogP contribution is 2.24. The lowest BCUT2D eigenvalue weighted by atomic mass is 10.1. The zero-order chi connectivity index (χ0) is 43.2. The van der Waals surface area contributed by atoms with Crippen LogP contribution in [-0.2, 0) is 27.4 Å². The van der Waals surface area contributed by atoms with Gasteiger partial charge in [0.15, 0.2) is 11.6 Å². The Kier molecular flexibility index (Phi) is 16.3. The van der Waals surface area contributed by atoms with Gasteiger partial charge in [-0.25, -0.2) is 9.59 Å². The average molecular weight is 874 g/mol. The second-order valence-electron chi connectivity index (χ2n) is 13.2. The van der Waals surface area contributed by atoms with Gasteiger partial charge in [0.25, 0.3) is 0 Å². The normalized spacial score (nSPS) is 14.0. The molecule has 0 bridgehead atoms. The highest BCUT2D eigenvalue weighted by Gasteiger charge is 2.38. The summed E-state index contributed by atoms with van der Waals surface area (Å²) in [6.07, 6.45) is -2.39. The van der Waals surface area contributed by atoms with Crippen LogP contribution in [-0.4, -0.2) is 121 Å². The molecule has 15 nitrogen and oxygen atoms in total. The van der Waals surface area contributed by atoms with E-state index in [1.165, 1.54) is 34.7 Å². The largest absolute Gasteiger partial charge is 0.471 e. The van der Waals surface area contributed by atoms with Crippen LogP contribution in [0.5, 0.6) is 0 Å². The van der Waals surface area contributed by atoms with E-state index < -0.39 is 24.4 Å². The van der Waals surface area contributed by atoms with Gasteiger partial charge in [-0.15, -0.1) is 0 Å². The Morgan fingerprint density at radius 3 is 1.40 bits per heavy atom. The number of hydrogen-bond acceptors (Lipinski definition) is 10. The molecule has 60 heavy (non-hydrogen) atoms. The fourth-order valence-corrected chi connectivity index (χ4v) is 6.05. The predicted molar refractivity (Wildman–Crippen MR) is 216 cm³/mol. The molecule has 2 fully saturated rings. The maximum Gasteiger partial charge on any atom is 0.471 e. The topological polar surface area (TPSA) is 181 Å². The van der Waals surface area contributed by atoms with Crippen LogP contribution in [0.25, 0.3) is 0 Å². The van der Waals surface area contributed by atoms with Gasteiger partial charge in [0, 0.05) is 71.1 Å². The Labute approximate surface area is 353 Å². The van der Waals surface area contributed by atoms with E-state index in [0.717, 1.165) is 5.69 Å². The first-order valence-corrected chi connectivity index (χ1v) is 19.3. The summed E-state index contributed by atoms with van der Waals surface area (Å²) in [6, 6.07) is 19.7. The number of halogens is 5. The van der Waals surface area contributed by atoms with Gasteiger partial charge in [0.1, 0.15) is 0 Å². The first-order valence-electron chi connectivity index (χ1n) is 18.5. The molecule has 2 aliphatic heterocycles. The summed E-state index contributed by atoms with van der Waals surface area (Å²) >= 11 is 11.9. The van der Waals surface area contributed by atoms with Crippen LogP contribution >= 0.6 is 23.2 Å². The smallest absolute Gasteiger partial charge is 0.378 e. The third-order valence-corrected chi connectivity index (χ3v) is 9.59. The number of urea groups is 2. The molecule has 4 aromatic rings. The van der Waals surface area contributed by atoms with Gasteiger partial charge < -0.3 is 30.3 Å². The number of pyridine rings is 2. The van der Waals surface area contributed by atoms with Crippen molar-refractivity contribution >= 4 is 64.1 Å². The first kappa shape index (κ1) is 45.4. The van der Waals surface area contributed by atoms with Crippen molar-refractivity contribution in [3.63, 3.8) is 0 Å². The second-order valence-corrected chi connectivity index (χ2v) is 14.1. The molecule has 2 aliphatic rings. The molecule has 6 rings (SSSR count). The van der Waals surface area contributed by atoms with Gasteiger partial charge in [0.05, 0.1) is 64.0 Å². The molecule has 0 saturated carbocycles. The van der Waals surface area contributed by atoms with Gasteiger partial charge in [-0.2, -0.15) is 13.2 Å². The number of nitrogens with two attached hydrogens (primary N) is 1. The number of aromatic nitrogens is 2. The van der Waals surface area contributed by atoms with Crippen LogP contribution in [0.1, 0.15) is 32.1 Å². The zero-order valence-corrected chi connectivity index (χ0v) is 33.6. The summed E-state index contributed by atoms with van der Waals surface area (Å²) in [4.78, 5) is 75.8. The SMILES string of the molecule is NCC(=O)c1ccc(CN(C(=O)N2CCOCC2)c2ccc(Cl)cc2)nc1.O=C(CNC(=O)C(F)(F)F)c1ccc(CN(C(=O)N2CCOCC2)c2ccc(Cl)cc2)nc1. The summed E-state index contributed by atoms with van der Waals surface area (Å²) in [5.74, 6) is -3.10. The minimum atomic E-state index is -5.07. The zero-order valence-electron chi connectivity index (χ0n) is 32.1. The molecule has 2 aromatic carbocycles. The fourth-order valence-electron chi connectivity index (χ4n) is 5.80. The predicted octanol–water partition coefficient (Wildman–Crippen LogP) is 5.39. The van der Waals surface area contributed by atoms with Crippen molar-refractivity contribution < 1.29 is 46.6 Å². The van der Waals surface area contributed by atoms with Gasteiger partial charge >= 0.3 is 24.1 Å². The maximum atomic E-state index is 13.1. The Morgan fingerprint density at radius 1 is 0.650 bits per heavy atom. The number of hydrogen-bond donors (Lipinski definition) is 2. The Balaban J connectivity index is 0.000000232. The molecule has 0 spiro atoms. The lowest BCUT2D eigenvalue weighted by Crippen LogP contribution is -2.48. The number of amides is 5. The minimum absolute atomic E-state index is 0.0266. The molecule has 20 heteroatoms. The molecule has 2 aromatic heterocycles. The lowest BCUT2D eigenvalue weighted by Gasteiger charge is -2.33. The van der Waals surface area contributed by atoms with E-state index in [-0.39, 0.29) is 43.0 Å².